The van der Waals surface area contributed by atoms with Gasteiger partial charge in [-0.2, -0.15) is 0 Å². The number of hydrogen-bond acceptors (Lipinski definition) is 2. The van der Waals surface area contributed by atoms with Gasteiger partial charge in [0.25, 0.3) is 0 Å². The molecule has 1 rings (SSSR count). The van der Waals surface area contributed by atoms with E-state index in [2.05, 4.69) is 0 Å². The van der Waals surface area contributed by atoms with Gasteiger partial charge in [0.1, 0.15) is 0 Å². The minimum atomic E-state index is -0.367. The standard InChI is InChI=1S/C8H15NO2/c1-8(2,6-10)9-5-3-4-7(9)11/h10H,3-6H2,1-2H3. The molecular formula is C8H15NO2. The fourth-order valence-electron chi connectivity index (χ4n) is 1.37. The smallest absolute Gasteiger partial charge is 0.223 e. The normalized spacial score (nSPS) is 19.5. The third kappa shape index (κ3) is 1.53. The number of aliphatic hydroxyl groups is 1. The summed E-state index contributed by atoms with van der Waals surface area (Å²) in [7, 11) is 0. The summed E-state index contributed by atoms with van der Waals surface area (Å²) in [5, 5.41) is 8.98. The molecule has 0 radical (unpaired) electrons. The van der Waals surface area contributed by atoms with E-state index < -0.39 is 0 Å². The fraction of sp³-hybridized carbons (Fsp3) is 0.875. The Bertz CT molecular complexity index is 165. The van der Waals surface area contributed by atoms with Crippen molar-refractivity contribution in [3.05, 3.63) is 0 Å². The minimum absolute atomic E-state index is 0.0404. The maximum atomic E-state index is 11.2. The lowest BCUT2D eigenvalue weighted by atomic mass is 10.1. The highest BCUT2D eigenvalue weighted by Crippen LogP contribution is 2.21. The SMILES string of the molecule is CC(C)(CO)N1CCCC1=O. The first-order valence-electron chi connectivity index (χ1n) is 3.99. The van der Waals surface area contributed by atoms with E-state index in [1.54, 1.807) is 4.90 Å². The molecule has 0 saturated carbocycles. The van der Waals surface area contributed by atoms with E-state index >= 15 is 0 Å². The fourth-order valence-corrected chi connectivity index (χ4v) is 1.37. The van der Waals surface area contributed by atoms with Gasteiger partial charge in [-0.15, -0.1) is 0 Å². The molecule has 1 heterocycles. The van der Waals surface area contributed by atoms with E-state index in [4.69, 9.17) is 5.11 Å². The molecule has 3 nitrogen and oxygen atoms in total. The first kappa shape index (κ1) is 8.53. The Balaban J connectivity index is 2.65. The molecule has 0 aromatic heterocycles. The van der Waals surface area contributed by atoms with Crippen LogP contribution in [-0.2, 0) is 4.79 Å². The van der Waals surface area contributed by atoms with Crippen LogP contribution in [0.1, 0.15) is 26.7 Å². The van der Waals surface area contributed by atoms with Crippen molar-refractivity contribution in [1.82, 2.24) is 4.90 Å². The van der Waals surface area contributed by atoms with Crippen LogP contribution in [0.5, 0.6) is 0 Å². The van der Waals surface area contributed by atoms with Gasteiger partial charge < -0.3 is 10.0 Å². The summed E-state index contributed by atoms with van der Waals surface area (Å²) in [5.41, 5.74) is -0.367. The predicted octanol–water partition coefficient (Wildman–Crippen LogP) is 0.380. The third-order valence-corrected chi connectivity index (χ3v) is 2.19. The number of aliphatic hydroxyl groups excluding tert-OH is 1. The van der Waals surface area contributed by atoms with Crippen LogP contribution in [0.3, 0.4) is 0 Å². The van der Waals surface area contributed by atoms with Crippen LogP contribution in [0.15, 0.2) is 0 Å². The summed E-state index contributed by atoms with van der Waals surface area (Å²) in [5.74, 6) is 0.170. The summed E-state index contributed by atoms with van der Waals surface area (Å²) < 4.78 is 0. The summed E-state index contributed by atoms with van der Waals surface area (Å²) in [6.45, 7) is 4.61. The van der Waals surface area contributed by atoms with E-state index in [1.165, 1.54) is 0 Å². The molecule has 0 aromatic carbocycles. The maximum Gasteiger partial charge on any atom is 0.223 e. The topological polar surface area (TPSA) is 40.5 Å². The van der Waals surface area contributed by atoms with Crippen molar-refractivity contribution in [1.29, 1.82) is 0 Å². The molecule has 0 atom stereocenters. The number of carbonyl (C=O) groups excluding carboxylic acids is 1. The monoisotopic (exact) mass is 157 g/mol. The lowest BCUT2D eigenvalue weighted by molar-refractivity contribution is -0.133. The van der Waals surface area contributed by atoms with Crippen molar-refractivity contribution in [2.75, 3.05) is 13.2 Å². The lowest BCUT2D eigenvalue weighted by Gasteiger charge is -2.33. The van der Waals surface area contributed by atoms with Gasteiger partial charge in [-0.1, -0.05) is 0 Å². The largest absolute Gasteiger partial charge is 0.394 e. The highest BCUT2D eigenvalue weighted by molar-refractivity contribution is 5.78. The van der Waals surface area contributed by atoms with Gasteiger partial charge in [0, 0.05) is 13.0 Å². The lowest BCUT2D eigenvalue weighted by Crippen LogP contribution is -2.47. The average molecular weight is 157 g/mol. The second-order valence-electron chi connectivity index (χ2n) is 3.62. The third-order valence-electron chi connectivity index (χ3n) is 2.19. The zero-order valence-electron chi connectivity index (χ0n) is 7.13. The van der Waals surface area contributed by atoms with Crippen LogP contribution < -0.4 is 0 Å². The summed E-state index contributed by atoms with van der Waals surface area (Å²) in [4.78, 5) is 13.0. The molecule has 0 spiro atoms. The van der Waals surface area contributed by atoms with E-state index in [-0.39, 0.29) is 18.1 Å². The van der Waals surface area contributed by atoms with Gasteiger partial charge in [0.2, 0.25) is 5.91 Å². The van der Waals surface area contributed by atoms with Crippen LogP contribution in [0.25, 0.3) is 0 Å². The van der Waals surface area contributed by atoms with E-state index in [9.17, 15) is 4.79 Å². The number of rotatable bonds is 2. The van der Waals surface area contributed by atoms with Gasteiger partial charge in [0.05, 0.1) is 12.1 Å². The van der Waals surface area contributed by atoms with Crippen molar-refractivity contribution in [3.63, 3.8) is 0 Å². The zero-order chi connectivity index (χ0) is 8.48. The molecule has 0 aromatic rings. The second-order valence-corrected chi connectivity index (χ2v) is 3.62. The predicted molar refractivity (Wildman–Crippen MR) is 42.1 cm³/mol. The number of nitrogens with zero attached hydrogens (tertiary/aromatic N) is 1. The maximum absolute atomic E-state index is 11.2. The average Bonchev–Trinajstić information content (AvgIpc) is 2.36. The van der Waals surface area contributed by atoms with Gasteiger partial charge >= 0.3 is 0 Å². The zero-order valence-corrected chi connectivity index (χ0v) is 7.13. The Morgan fingerprint density at radius 2 is 2.27 bits per heavy atom. The first-order chi connectivity index (χ1) is 5.08. The quantitative estimate of drug-likeness (QED) is 0.629. The molecule has 64 valence electrons. The molecule has 11 heavy (non-hydrogen) atoms. The van der Waals surface area contributed by atoms with Crippen LogP contribution in [0.4, 0.5) is 0 Å². The first-order valence-corrected chi connectivity index (χ1v) is 3.99. The van der Waals surface area contributed by atoms with Gasteiger partial charge in [-0.05, 0) is 20.3 Å². The van der Waals surface area contributed by atoms with E-state index in [1.807, 2.05) is 13.8 Å². The Hall–Kier alpha value is -0.570. The van der Waals surface area contributed by atoms with Crippen LogP contribution >= 0.6 is 0 Å². The molecule has 1 amide bonds. The van der Waals surface area contributed by atoms with Crippen LogP contribution in [-0.4, -0.2) is 34.6 Å². The molecule has 3 heteroatoms. The molecule has 0 bridgehead atoms. The molecular weight excluding hydrogens is 142 g/mol. The van der Waals surface area contributed by atoms with Crippen molar-refractivity contribution in [2.24, 2.45) is 0 Å². The van der Waals surface area contributed by atoms with E-state index in [0.717, 1.165) is 13.0 Å². The number of hydrogen-bond donors (Lipinski definition) is 1. The molecule has 1 saturated heterocycles. The minimum Gasteiger partial charge on any atom is -0.394 e. The van der Waals surface area contributed by atoms with Crippen molar-refractivity contribution >= 4 is 5.91 Å². The Kier molecular flexibility index (Phi) is 2.18. The van der Waals surface area contributed by atoms with Crippen LogP contribution in [0, 0.1) is 0 Å². The van der Waals surface area contributed by atoms with E-state index in [0.29, 0.717) is 6.42 Å². The van der Waals surface area contributed by atoms with Gasteiger partial charge in [-0.3, -0.25) is 4.79 Å². The van der Waals surface area contributed by atoms with Crippen molar-refractivity contribution < 1.29 is 9.90 Å². The molecule has 1 fully saturated rings. The molecule has 1 N–H and O–H groups in total. The Morgan fingerprint density at radius 3 is 2.64 bits per heavy atom. The Labute approximate surface area is 67.0 Å². The molecule has 1 aliphatic rings. The number of carbonyl (C=O) groups is 1. The molecule has 0 aliphatic carbocycles. The van der Waals surface area contributed by atoms with Crippen LogP contribution in [0.2, 0.25) is 0 Å². The van der Waals surface area contributed by atoms with Crippen molar-refractivity contribution in [2.45, 2.75) is 32.2 Å². The highest BCUT2D eigenvalue weighted by Gasteiger charge is 2.32. The Morgan fingerprint density at radius 1 is 1.64 bits per heavy atom. The summed E-state index contributed by atoms with van der Waals surface area (Å²) in [6, 6.07) is 0. The summed E-state index contributed by atoms with van der Waals surface area (Å²) in [6.07, 6.45) is 1.58. The molecule has 1 aliphatic heterocycles. The van der Waals surface area contributed by atoms with Gasteiger partial charge in [0.15, 0.2) is 0 Å². The second kappa shape index (κ2) is 2.81. The van der Waals surface area contributed by atoms with Crippen molar-refractivity contribution in [3.8, 4) is 0 Å². The number of likely N-dealkylation sites (tertiary alicyclic amines) is 1. The molecule has 0 unspecified atom stereocenters. The summed E-state index contributed by atoms with van der Waals surface area (Å²) >= 11 is 0. The van der Waals surface area contributed by atoms with Gasteiger partial charge in [-0.25, -0.2) is 0 Å². The number of amides is 1. The highest BCUT2D eigenvalue weighted by atomic mass is 16.3.